The molecule has 2 aromatic heterocycles. The molecule has 0 fully saturated rings. The van der Waals surface area contributed by atoms with Gasteiger partial charge in [0.1, 0.15) is 28.9 Å². The number of anilines is 4. The molecule has 2 heterocycles. The van der Waals surface area contributed by atoms with E-state index in [9.17, 15) is 17.4 Å². The Morgan fingerprint density at radius 3 is 2.57 bits per heavy atom. The predicted molar refractivity (Wildman–Crippen MR) is 137 cm³/mol. The van der Waals surface area contributed by atoms with Gasteiger partial charge in [-0.3, -0.25) is 4.57 Å². The molecule has 37 heavy (non-hydrogen) atoms. The molecule has 0 aliphatic carbocycles. The monoisotopic (exact) mass is 523 g/mol. The molecule has 8 nitrogen and oxygen atoms in total. The summed E-state index contributed by atoms with van der Waals surface area (Å²) >= 11 is 0. The lowest BCUT2D eigenvalue weighted by molar-refractivity contribution is -0.137. The fraction of sp³-hybridized carbons (Fsp3) is 0.0800. The Hall–Kier alpha value is -4.45. The highest BCUT2D eigenvalue weighted by atomic mass is 32.2. The van der Waals surface area contributed by atoms with Crippen molar-refractivity contribution in [3.63, 3.8) is 0 Å². The zero-order valence-corrected chi connectivity index (χ0v) is 20.1. The normalized spacial score (nSPS) is 12.4. The molecule has 3 aromatic carbocycles. The van der Waals surface area contributed by atoms with Crippen molar-refractivity contribution in [3.05, 3.63) is 90.3 Å². The van der Waals surface area contributed by atoms with Crippen LogP contribution in [0, 0.1) is 6.92 Å². The van der Waals surface area contributed by atoms with Gasteiger partial charge in [0.25, 0.3) is 0 Å². The van der Waals surface area contributed by atoms with Crippen LogP contribution in [-0.4, -0.2) is 23.7 Å². The lowest BCUT2D eigenvalue weighted by atomic mass is 10.2. The van der Waals surface area contributed by atoms with Crippen molar-refractivity contribution in [2.24, 2.45) is 0 Å². The molecule has 0 spiro atoms. The third-order valence-electron chi connectivity index (χ3n) is 5.53. The number of nitrogens with zero attached hydrogens (tertiary/aromatic N) is 4. The summed E-state index contributed by atoms with van der Waals surface area (Å²) in [5.41, 5.74) is 8.08. The molecule has 0 aliphatic heterocycles. The Balaban J connectivity index is 1.48. The van der Waals surface area contributed by atoms with E-state index in [4.69, 9.17) is 5.73 Å². The Bertz CT molecular complexity index is 1630. The second-order valence-electron chi connectivity index (χ2n) is 8.11. The molecule has 12 heteroatoms. The van der Waals surface area contributed by atoms with E-state index in [0.717, 1.165) is 23.2 Å². The molecule has 1 unspecified atom stereocenters. The summed E-state index contributed by atoms with van der Waals surface area (Å²) in [6.45, 7) is 1.87. The summed E-state index contributed by atoms with van der Waals surface area (Å²) in [5.74, 6) is 1.24. The van der Waals surface area contributed by atoms with Crippen molar-refractivity contribution >= 4 is 45.2 Å². The Morgan fingerprint density at radius 1 is 0.973 bits per heavy atom. The maximum atomic E-state index is 13.1. The van der Waals surface area contributed by atoms with Crippen molar-refractivity contribution in [1.29, 1.82) is 0 Å². The van der Waals surface area contributed by atoms with E-state index in [1.165, 1.54) is 18.5 Å². The fourth-order valence-corrected chi connectivity index (χ4v) is 4.60. The number of imidazole rings is 1. The van der Waals surface area contributed by atoms with E-state index in [1.807, 2.05) is 31.2 Å². The number of para-hydroxylation sites is 2. The summed E-state index contributed by atoms with van der Waals surface area (Å²) in [4.78, 5) is 13.3. The van der Waals surface area contributed by atoms with E-state index in [-0.39, 0.29) is 5.69 Å². The summed E-state index contributed by atoms with van der Waals surface area (Å²) < 4.78 is 56.6. The average Bonchev–Trinajstić information content (AvgIpc) is 3.23. The fourth-order valence-electron chi connectivity index (χ4n) is 3.72. The van der Waals surface area contributed by atoms with E-state index in [1.54, 1.807) is 28.8 Å². The van der Waals surface area contributed by atoms with Gasteiger partial charge in [-0.15, -0.1) is 0 Å². The first-order valence-corrected chi connectivity index (χ1v) is 12.1. The van der Waals surface area contributed by atoms with Gasteiger partial charge in [0.2, 0.25) is 5.95 Å². The lowest BCUT2D eigenvalue weighted by Gasteiger charge is -2.14. The van der Waals surface area contributed by atoms with Crippen LogP contribution in [0.1, 0.15) is 11.1 Å². The number of nitrogens with two attached hydrogens (primary N) is 1. The van der Waals surface area contributed by atoms with Gasteiger partial charge in [-0.05, 0) is 55.0 Å². The Labute approximate surface area is 212 Å². The second kappa shape index (κ2) is 9.54. The van der Waals surface area contributed by atoms with Gasteiger partial charge >= 0.3 is 6.18 Å². The number of hydrogen-bond acceptors (Lipinski definition) is 6. The molecule has 0 radical (unpaired) electrons. The van der Waals surface area contributed by atoms with Crippen molar-refractivity contribution in [3.8, 4) is 5.82 Å². The topological polar surface area (TPSA) is 111 Å². The number of aryl methyl sites for hydroxylation is 1. The second-order valence-corrected chi connectivity index (χ2v) is 9.32. The van der Waals surface area contributed by atoms with Gasteiger partial charge in [-0.25, -0.2) is 19.2 Å². The minimum Gasteiger partial charge on any atom is -0.384 e. The highest BCUT2D eigenvalue weighted by Crippen LogP contribution is 2.32. The van der Waals surface area contributed by atoms with Gasteiger partial charge in [-0.2, -0.15) is 13.2 Å². The standard InChI is InChI=1S/C25H20F3N7OS/c1-15-9-10-18(37(36)34-17-6-4-5-16(11-17)25(26,27)28)12-20(15)33-24-32-19-7-2-3-8-21(19)35(24)23-13-22(29)30-14-31-23/h2-14,34H,1H3,(H,32,33)(H2,29,30,31). The third-order valence-corrected chi connectivity index (χ3v) is 6.64. The van der Waals surface area contributed by atoms with Crippen molar-refractivity contribution in [1.82, 2.24) is 19.5 Å². The highest BCUT2D eigenvalue weighted by Gasteiger charge is 2.30. The molecule has 188 valence electrons. The number of aromatic nitrogens is 4. The predicted octanol–water partition coefficient (Wildman–Crippen LogP) is 5.60. The van der Waals surface area contributed by atoms with Crippen LogP contribution in [0.3, 0.4) is 0 Å². The van der Waals surface area contributed by atoms with Gasteiger partial charge in [-0.1, -0.05) is 24.3 Å². The first-order chi connectivity index (χ1) is 17.7. The number of fused-ring (bicyclic) bond motifs is 1. The molecule has 1 atom stereocenters. The molecule has 5 aromatic rings. The number of rotatable bonds is 6. The summed E-state index contributed by atoms with van der Waals surface area (Å²) in [7, 11) is -1.83. The minimum atomic E-state index is -4.50. The molecule has 5 rings (SSSR count). The zero-order chi connectivity index (χ0) is 26.2. The van der Waals surface area contributed by atoms with Crippen LogP contribution in [0.15, 0.2) is 84.0 Å². The van der Waals surface area contributed by atoms with Crippen LogP contribution >= 0.6 is 0 Å². The van der Waals surface area contributed by atoms with E-state index in [2.05, 4.69) is 25.0 Å². The summed E-state index contributed by atoms with van der Waals surface area (Å²) in [6.07, 6.45) is -3.14. The van der Waals surface area contributed by atoms with Crippen LogP contribution in [0.2, 0.25) is 0 Å². The first-order valence-electron chi connectivity index (χ1n) is 11.0. The number of alkyl halides is 3. The van der Waals surface area contributed by atoms with Gasteiger partial charge < -0.3 is 15.8 Å². The van der Waals surface area contributed by atoms with Gasteiger partial charge in [0.15, 0.2) is 0 Å². The maximum Gasteiger partial charge on any atom is 0.416 e. The van der Waals surface area contributed by atoms with Crippen molar-refractivity contribution in [2.45, 2.75) is 18.0 Å². The van der Waals surface area contributed by atoms with Crippen LogP contribution < -0.4 is 15.8 Å². The average molecular weight is 524 g/mol. The largest absolute Gasteiger partial charge is 0.416 e. The van der Waals surface area contributed by atoms with E-state index >= 15 is 0 Å². The number of halogens is 3. The highest BCUT2D eigenvalue weighted by molar-refractivity contribution is 7.86. The Kier molecular flexibility index (Phi) is 6.25. The van der Waals surface area contributed by atoms with E-state index in [0.29, 0.717) is 33.7 Å². The first kappa shape index (κ1) is 24.3. The molecular formula is C25H20F3N7OS. The number of benzene rings is 3. The quantitative estimate of drug-likeness (QED) is 0.267. The van der Waals surface area contributed by atoms with Gasteiger partial charge in [0.05, 0.1) is 21.5 Å². The number of nitrogens with one attached hydrogen (secondary N) is 2. The molecule has 0 amide bonds. The smallest absolute Gasteiger partial charge is 0.384 e. The lowest BCUT2D eigenvalue weighted by Crippen LogP contribution is -2.09. The Morgan fingerprint density at radius 2 is 1.78 bits per heavy atom. The maximum absolute atomic E-state index is 13.1. The zero-order valence-electron chi connectivity index (χ0n) is 19.3. The molecule has 0 saturated heterocycles. The SMILES string of the molecule is Cc1ccc(S(=O)Nc2cccc(C(F)(F)F)c2)cc1Nc1nc2ccccc2n1-c1cc(N)ncn1. The molecule has 0 bridgehead atoms. The third kappa shape index (κ3) is 5.09. The molecule has 4 N–H and O–H groups in total. The van der Waals surface area contributed by atoms with Crippen LogP contribution in [-0.2, 0) is 17.2 Å². The van der Waals surface area contributed by atoms with E-state index < -0.39 is 22.7 Å². The van der Waals surface area contributed by atoms with Crippen molar-refractivity contribution in [2.75, 3.05) is 15.8 Å². The van der Waals surface area contributed by atoms with Crippen LogP contribution in [0.4, 0.5) is 36.3 Å². The van der Waals surface area contributed by atoms with Crippen LogP contribution in [0.5, 0.6) is 0 Å². The summed E-state index contributed by atoms with van der Waals surface area (Å²) in [5, 5.41) is 3.28. The van der Waals surface area contributed by atoms with Gasteiger partial charge in [0, 0.05) is 17.4 Å². The molecular weight excluding hydrogens is 503 g/mol. The number of nitrogen functional groups attached to an aromatic ring is 1. The van der Waals surface area contributed by atoms with Crippen LogP contribution in [0.25, 0.3) is 16.9 Å². The molecule has 0 aliphatic rings. The number of hydrogen-bond donors (Lipinski definition) is 3. The minimum absolute atomic E-state index is 0.0892. The van der Waals surface area contributed by atoms with Crippen molar-refractivity contribution < 1.29 is 17.4 Å². The molecule has 0 saturated carbocycles. The summed E-state index contributed by atoms with van der Waals surface area (Å²) in [6, 6.07) is 18.7.